The van der Waals surface area contributed by atoms with Crippen LogP contribution in [0, 0.1) is 6.92 Å². The van der Waals surface area contributed by atoms with Gasteiger partial charge < -0.3 is 0 Å². The lowest BCUT2D eigenvalue weighted by atomic mass is 10.0. The van der Waals surface area contributed by atoms with E-state index in [1.807, 2.05) is 31.2 Å². The first-order valence-corrected chi connectivity index (χ1v) is 11.4. The van der Waals surface area contributed by atoms with Crippen LogP contribution in [0.3, 0.4) is 0 Å². The van der Waals surface area contributed by atoms with Crippen LogP contribution in [-0.2, 0) is 19.9 Å². The number of sulfonamides is 1. The fourth-order valence-electron chi connectivity index (χ4n) is 3.14. The molecule has 0 unspecified atom stereocenters. The van der Waals surface area contributed by atoms with Gasteiger partial charge in [0.05, 0.1) is 15.8 Å². The van der Waals surface area contributed by atoms with E-state index >= 15 is 0 Å². The maximum atomic E-state index is 13.0. The average Bonchev–Trinajstić information content (AvgIpc) is 3.05. The maximum absolute atomic E-state index is 13.0. The lowest BCUT2D eigenvalue weighted by Crippen LogP contribution is -2.30. The largest absolute Gasteiger partial charge is 0.243 e. The van der Waals surface area contributed by atoms with Crippen LogP contribution in [0.15, 0.2) is 58.3 Å². The molecule has 0 bridgehead atoms. The summed E-state index contributed by atoms with van der Waals surface area (Å²) in [6, 6.07) is 13.2. The van der Waals surface area contributed by atoms with Crippen LogP contribution in [0.25, 0.3) is 0 Å². The molecule has 5 nitrogen and oxygen atoms in total. The molecule has 1 atom stereocenters. The third-order valence-electron chi connectivity index (χ3n) is 4.52. The Kier molecular flexibility index (Phi) is 4.74. The van der Waals surface area contributed by atoms with Crippen molar-refractivity contribution < 1.29 is 16.8 Å². The van der Waals surface area contributed by atoms with Crippen molar-refractivity contribution >= 4 is 19.9 Å². The molecular formula is C18H21NO4S2. The predicted octanol–water partition coefficient (Wildman–Crippen LogP) is 2.92. The molecule has 0 aliphatic carbocycles. The van der Waals surface area contributed by atoms with Crippen molar-refractivity contribution in [3.8, 4) is 0 Å². The predicted molar refractivity (Wildman–Crippen MR) is 96.6 cm³/mol. The number of sulfone groups is 1. The Hall–Kier alpha value is -1.70. The zero-order chi connectivity index (χ0) is 18.2. The van der Waals surface area contributed by atoms with Crippen LogP contribution in [-0.4, -0.2) is 33.9 Å². The van der Waals surface area contributed by atoms with E-state index in [0.29, 0.717) is 6.54 Å². The highest BCUT2D eigenvalue weighted by atomic mass is 32.2. The highest BCUT2D eigenvalue weighted by Gasteiger charge is 2.36. The van der Waals surface area contributed by atoms with Crippen LogP contribution in [0.2, 0.25) is 0 Å². The summed E-state index contributed by atoms with van der Waals surface area (Å²) in [5.41, 5.74) is 2.12. The molecule has 1 saturated heterocycles. The Bertz CT molecular complexity index is 963. The molecule has 0 radical (unpaired) electrons. The summed E-state index contributed by atoms with van der Waals surface area (Å²) in [5.74, 6) is 0. The van der Waals surface area contributed by atoms with Gasteiger partial charge >= 0.3 is 0 Å². The van der Waals surface area contributed by atoms with E-state index in [9.17, 15) is 16.8 Å². The van der Waals surface area contributed by atoms with Crippen molar-refractivity contribution in [1.82, 2.24) is 4.31 Å². The number of rotatable bonds is 4. The van der Waals surface area contributed by atoms with Crippen molar-refractivity contribution in [3.05, 3.63) is 59.7 Å². The van der Waals surface area contributed by atoms with Gasteiger partial charge in [0.15, 0.2) is 9.84 Å². The first-order valence-electron chi connectivity index (χ1n) is 8.08. The monoisotopic (exact) mass is 379 g/mol. The molecule has 0 saturated carbocycles. The van der Waals surface area contributed by atoms with Gasteiger partial charge in [-0.1, -0.05) is 29.8 Å². The number of benzene rings is 2. The molecule has 0 amide bonds. The molecule has 134 valence electrons. The average molecular weight is 380 g/mol. The van der Waals surface area contributed by atoms with Gasteiger partial charge in [-0.25, -0.2) is 16.8 Å². The van der Waals surface area contributed by atoms with Gasteiger partial charge in [0.1, 0.15) is 0 Å². The minimum absolute atomic E-state index is 0.114. The normalized spacial score (nSPS) is 19.2. The van der Waals surface area contributed by atoms with Gasteiger partial charge in [0, 0.05) is 12.8 Å². The van der Waals surface area contributed by atoms with Crippen molar-refractivity contribution in [2.45, 2.75) is 35.6 Å². The molecular weight excluding hydrogens is 358 g/mol. The molecule has 7 heteroatoms. The number of nitrogens with zero attached hydrogens (tertiary/aromatic N) is 1. The number of hydrogen-bond donors (Lipinski definition) is 0. The van der Waals surface area contributed by atoms with Gasteiger partial charge in [-0.3, -0.25) is 0 Å². The summed E-state index contributed by atoms with van der Waals surface area (Å²) in [4.78, 5) is 0.238. The second kappa shape index (κ2) is 6.55. The van der Waals surface area contributed by atoms with Crippen LogP contribution < -0.4 is 0 Å². The van der Waals surface area contributed by atoms with E-state index in [-0.39, 0.29) is 15.8 Å². The second-order valence-corrected chi connectivity index (χ2v) is 10.3. The molecule has 2 aromatic carbocycles. The van der Waals surface area contributed by atoms with Gasteiger partial charge in [-0.15, -0.1) is 0 Å². The van der Waals surface area contributed by atoms with Gasteiger partial charge in [0.2, 0.25) is 10.0 Å². The SMILES string of the molecule is Cc1ccc([C@@H]2CCCN2S(=O)(=O)c2ccc(S(C)(=O)=O)cc2)cc1. The topological polar surface area (TPSA) is 71.5 Å². The third kappa shape index (κ3) is 3.63. The van der Waals surface area contributed by atoms with E-state index in [4.69, 9.17) is 0 Å². The summed E-state index contributed by atoms with van der Waals surface area (Å²) in [6.45, 7) is 2.46. The molecule has 2 aromatic rings. The first-order chi connectivity index (χ1) is 11.7. The van der Waals surface area contributed by atoms with E-state index in [1.54, 1.807) is 0 Å². The van der Waals surface area contributed by atoms with Crippen LogP contribution in [0.5, 0.6) is 0 Å². The highest BCUT2D eigenvalue weighted by Crippen LogP contribution is 2.36. The third-order valence-corrected chi connectivity index (χ3v) is 7.58. The number of aryl methyl sites for hydroxylation is 1. The van der Waals surface area contributed by atoms with Crippen LogP contribution in [0.1, 0.15) is 30.0 Å². The van der Waals surface area contributed by atoms with Crippen LogP contribution in [0.4, 0.5) is 0 Å². The molecule has 0 spiro atoms. The summed E-state index contributed by atoms with van der Waals surface area (Å²) in [6.07, 6.45) is 2.69. The highest BCUT2D eigenvalue weighted by molar-refractivity contribution is 7.90. The number of hydrogen-bond acceptors (Lipinski definition) is 4. The smallest absolute Gasteiger partial charge is 0.224 e. The Balaban J connectivity index is 1.94. The van der Waals surface area contributed by atoms with Crippen molar-refractivity contribution in [1.29, 1.82) is 0 Å². The van der Waals surface area contributed by atoms with Crippen molar-refractivity contribution in [2.24, 2.45) is 0 Å². The molecule has 1 fully saturated rings. The van der Waals surface area contributed by atoms with Crippen molar-refractivity contribution in [2.75, 3.05) is 12.8 Å². The summed E-state index contributed by atoms with van der Waals surface area (Å²) in [5, 5.41) is 0. The standard InChI is InChI=1S/C18H21NO4S2/c1-14-5-7-15(8-6-14)18-4-3-13-19(18)25(22,23)17-11-9-16(10-12-17)24(2,20)21/h5-12,18H,3-4,13H2,1-2H3/t18-/m0/s1. The molecule has 1 heterocycles. The van der Waals surface area contributed by atoms with E-state index in [0.717, 1.165) is 30.2 Å². The lowest BCUT2D eigenvalue weighted by molar-refractivity contribution is 0.396. The van der Waals surface area contributed by atoms with Crippen molar-refractivity contribution in [3.63, 3.8) is 0 Å². The molecule has 1 aliphatic heterocycles. The van der Waals surface area contributed by atoms with E-state index in [1.165, 1.54) is 28.6 Å². The maximum Gasteiger partial charge on any atom is 0.243 e. The Morgan fingerprint density at radius 1 is 0.880 bits per heavy atom. The van der Waals surface area contributed by atoms with Crippen LogP contribution >= 0.6 is 0 Å². The fraction of sp³-hybridized carbons (Fsp3) is 0.333. The first kappa shape index (κ1) is 18.1. The lowest BCUT2D eigenvalue weighted by Gasteiger charge is -2.24. The minimum atomic E-state index is -3.67. The Morgan fingerprint density at radius 3 is 2.00 bits per heavy atom. The Labute approximate surface area is 149 Å². The molecule has 0 aromatic heterocycles. The summed E-state index contributed by atoms with van der Waals surface area (Å²) in [7, 11) is -7.02. The summed E-state index contributed by atoms with van der Waals surface area (Å²) < 4.78 is 50.7. The van der Waals surface area contributed by atoms with E-state index in [2.05, 4.69) is 0 Å². The second-order valence-electron chi connectivity index (χ2n) is 6.43. The summed E-state index contributed by atoms with van der Waals surface area (Å²) >= 11 is 0. The zero-order valence-corrected chi connectivity index (χ0v) is 15.8. The molecule has 25 heavy (non-hydrogen) atoms. The van der Waals surface area contributed by atoms with Gasteiger partial charge in [-0.05, 0) is 49.6 Å². The zero-order valence-electron chi connectivity index (χ0n) is 14.2. The van der Waals surface area contributed by atoms with Gasteiger partial charge in [-0.2, -0.15) is 4.31 Å². The van der Waals surface area contributed by atoms with E-state index < -0.39 is 19.9 Å². The minimum Gasteiger partial charge on any atom is -0.224 e. The Morgan fingerprint density at radius 2 is 1.44 bits per heavy atom. The molecule has 0 N–H and O–H groups in total. The quantitative estimate of drug-likeness (QED) is 0.819. The van der Waals surface area contributed by atoms with Gasteiger partial charge in [0.25, 0.3) is 0 Å². The fourth-order valence-corrected chi connectivity index (χ4v) is 5.46. The molecule has 1 aliphatic rings. The molecule has 3 rings (SSSR count).